The van der Waals surface area contributed by atoms with Crippen LogP contribution in [0.1, 0.15) is 17.0 Å². The van der Waals surface area contributed by atoms with Crippen LogP contribution >= 0.6 is 11.6 Å². The van der Waals surface area contributed by atoms with E-state index in [9.17, 15) is 0 Å². The zero-order valence-electron chi connectivity index (χ0n) is 10.4. The van der Waals surface area contributed by atoms with Gasteiger partial charge in [-0.3, -0.25) is 5.41 Å². The van der Waals surface area contributed by atoms with Crippen molar-refractivity contribution >= 4 is 17.4 Å². The lowest BCUT2D eigenvalue weighted by molar-refractivity contribution is 0.280. The molecule has 0 bridgehead atoms. The maximum absolute atomic E-state index is 7.37. The standard InChI is InChI=1S/C13H13ClN4O/c1-8-5-11(12(15)16)18-13(17-8)19-7-9-3-2-4-10(14)6-9/h2-6H,7H2,1H3,(H3,15,16). The summed E-state index contributed by atoms with van der Waals surface area (Å²) in [6.45, 7) is 2.10. The Morgan fingerprint density at radius 2 is 2.16 bits per heavy atom. The normalized spacial score (nSPS) is 10.2. The van der Waals surface area contributed by atoms with E-state index in [2.05, 4.69) is 9.97 Å². The van der Waals surface area contributed by atoms with Gasteiger partial charge >= 0.3 is 6.01 Å². The molecular formula is C13H13ClN4O. The van der Waals surface area contributed by atoms with Crippen LogP contribution in [-0.2, 0) is 6.61 Å². The highest BCUT2D eigenvalue weighted by Crippen LogP contribution is 2.13. The number of aryl methyl sites for hydroxylation is 1. The van der Waals surface area contributed by atoms with Crippen LogP contribution in [0.25, 0.3) is 0 Å². The monoisotopic (exact) mass is 276 g/mol. The largest absolute Gasteiger partial charge is 0.459 e. The van der Waals surface area contributed by atoms with E-state index < -0.39 is 0 Å². The average molecular weight is 277 g/mol. The Labute approximate surface area is 115 Å². The first-order chi connectivity index (χ1) is 9.04. The highest BCUT2D eigenvalue weighted by molar-refractivity contribution is 6.30. The molecule has 0 unspecified atom stereocenters. The van der Waals surface area contributed by atoms with Gasteiger partial charge in [-0.25, -0.2) is 4.98 Å². The molecule has 1 heterocycles. The van der Waals surface area contributed by atoms with E-state index in [1.807, 2.05) is 18.2 Å². The number of benzene rings is 1. The topological polar surface area (TPSA) is 84.9 Å². The fourth-order valence-electron chi connectivity index (χ4n) is 1.52. The number of ether oxygens (including phenoxy) is 1. The first-order valence-electron chi connectivity index (χ1n) is 5.62. The first kappa shape index (κ1) is 13.3. The summed E-state index contributed by atoms with van der Waals surface area (Å²) < 4.78 is 5.49. The molecule has 2 aromatic rings. The minimum Gasteiger partial charge on any atom is -0.459 e. The number of nitrogens with zero attached hydrogens (tertiary/aromatic N) is 2. The van der Waals surface area contributed by atoms with Gasteiger partial charge in [0.05, 0.1) is 0 Å². The third kappa shape index (κ3) is 3.66. The lowest BCUT2D eigenvalue weighted by Gasteiger charge is -2.07. The zero-order chi connectivity index (χ0) is 13.8. The number of nitrogens with two attached hydrogens (primary N) is 1. The summed E-state index contributed by atoms with van der Waals surface area (Å²) in [6, 6.07) is 9.18. The summed E-state index contributed by atoms with van der Waals surface area (Å²) in [4.78, 5) is 8.19. The molecule has 0 aliphatic rings. The molecule has 1 aromatic carbocycles. The SMILES string of the molecule is Cc1cc(C(=N)N)nc(OCc2cccc(Cl)c2)n1. The van der Waals surface area contributed by atoms with E-state index in [4.69, 9.17) is 27.5 Å². The molecule has 0 amide bonds. The summed E-state index contributed by atoms with van der Waals surface area (Å²) in [5.41, 5.74) is 7.37. The van der Waals surface area contributed by atoms with Crippen molar-refractivity contribution in [1.29, 1.82) is 5.41 Å². The van der Waals surface area contributed by atoms with Crippen molar-refractivity contribution in [3.63, 3.8) is 0 Å². The van der Waals surface area contributed by atoms with Crippen molar-refractivity contribution in [2.75, 3.05) is 0 Å². The van der Waals surface area contributed by atoms with Crippen LogP contribution in [0.2, 0.25) is 5.02 Å². The lowest BCUT2D eigenvalue weighted by Crippen LogP contribution is -2.15. The van der Waals surface area contributed by atoms with E-state index in [0.717, 1.165) is 5.56 Å². The number of rotatable bonds is 4. The van der Waals surface area contributed by atoms with Gasteiger partial charge in [0.15, 0.2) is 0 Å². The minimum absolute atomic E-state index is 0.113. The van der Waals surface area contributed by atoms with Gasteiger partial charge in [0.25, 0.3) is 0 Å². The molecule has 0 saturated heterocycles. The van der Waals surface area contributed by atoms with Crippen LogP contribution in [0.15, 0.2) is 30.3 Å². The molecule has 1 aromatic heterocycles. The molecule has 0 saturated carbocycles. The van der Waals surface area contributed by atoms with Gasteiger partial charge in [0.1, 0.15) is 18.1 Å². The molecule has 6 heteroatoms. The van der Waals surface area contributed by atoms with Gasteiger partial charge in [-0.2, -0.15) is 4.98 Å². The van der Waals surface area contributed by atoms with Crippen LogP contribution in [0.5, 0.6) is 6.01 Å². The molecule has 3 N–H and O–H groups in total. The highest BCUT2D eigenvalue weighted by Gasteiger charge is 2.06. The van der Waals surface area contributed by atoms with E-state index in [1.165, 1.54) is 0 Å². The second-order valence-corrected chi connectivity index (χ2v) is 4.45. The summed E-state index contributed by atoms with van der Waals surface area (Å²) in [5.74, 6) is -0.113. The Hall–Kier alpha value is -2.14. The van der Waals surface area contributed by atoms with Gasteiger partial charge in [-0.05, 0) is 30.7 Å². The quantitative estimate of drug-likeness (QED) is 0.663. The second-order valence-electron chi connectivity index (χ2n) is 4.01. The number of nitrogen functional groups attached to an aromatic ring is 1. The Balaban J connectivity index is 2.13. The molecule has 19 heavy (non-hydrogen) atoms. The molecular weight excluding hydrogens is 264 g/mol. The zero-order valence-corrected chi connectivity index (χ0v) is 11.1. The molecule has 0 spiro atoms. The van der Waals surface area contributed by atoms with Gasteiger partial charge in [0.2, 0.25) is 0 Å². The third-order valence-electron chi connectivity index (χ3n) is 2.37. The summed E-state index contributed by atoms with van der Waals surface area (Å²) in [5, 5.41) is 8.02. The molecule has 0 aliphatic carbocycles. The van der Waals surface area contributed by atoms with Crippen LogP contribution in [0.4, 0.5) is 0 Å². The number of amidine groups is 1. The lowest BCUT2D eigenvalue weighted by atomic mass is 10.2. The van der Waals surface area contributed by atoms with E-state index in [-0.39, 0.29) is 11.8 Å². The van der Waals surface area contributed by atoms with Crippen LogP contribution < -0.4 is 10.5 Å². The summed E-state index contributed by atoms with van der Waals surface area (Å²) >= 11 is 5.89. The Kier molecular flexibility index (Phi) is 3.97. The smallest absolute Gasteiger partial charge is 0.317 e. The Morgan fingerprint density at radius 3 is 2.84 bits per heavy atom. The molecule has 98 valence electrons. The van der Waals surface area contributed by atoms with Gasteiger partial charge in [0, 0.05) is 10.7 Å². The van der Waals surface area contributed by atoms with Crippen molar-refractivity contribution in [3.8, 4) is 6.01 Å². The molecule has 0 aliphatic heterocycles. The Morgan fingerprint density at radius 1 is 1.37 bits per heavy atom. The van der Waals surface area contributed by atoms with E-state index in [1.54, 1.807) is 19.1 Å². The van der Waals surface area contributed by atoms with Crippen molar-refractivity contribution < 1.29 is 4.74 Å². The third-order valence-corrected chi connectivity index (χ3v) is 2.60. The molecule has 0 radical (unpaired) electrons. The van der Waals surface area contributed by atoms with E-state index >= 15 is 0 Å². The van der Waals surface area contributed by atoms with Crippen molar-refractivity contribution in [3.05, 3.63) is 52.3 Å². The van der Waals surface area contributed by atoms with Gasteiger partial charge in [-0.1, -0.05) is 23.7 Å². The average Bonchev–Trinajstić information content (AvgIpc) is 2.36. The molecule has 2 rings (SSSR count). The fourth-order valence-corrected chi connectivity index (χ4v) is 1.73. The summed E-state index contributed by atoms with van der Waals surface area (Å²) in [7, 11) is 0. The maximum atomic E-state index is 7.37. The summed E-state index contributed by atoms with van der Waals surface area (Å²) in [6.07, 6.45) is 0. The van der Waals surface area contributed by atoms with Crippen LogP contribution in [0.3, 0.4) is 0 Å². The number of hydrogen-bond donors (Lipinski definition) is 2. The van der Waals surface area contributed by atoms with Crippen molar-refractivity contribution in [2.45, 2.75) is 13.5 Å². The molecule has 0 atom stereocenters. The predicted molar refractivity (Wildman–Crippen MR) is 73.6 cm³/mol. The van der Waals surface area contributed by atoms with E-state index in [0.29, 0.717) is 23.0 Å². The number of hydrogen-bond acceptors (Lipinski definition) is 4. The highest BCUT2D eigenvalue weighted by atomic mass is 35.5. The molecule has 5 nitrogen and oxygen atoms in total. The Bertz CT molecular complexity index is 615. The number of halogens is 1. The van der Waals surface area contributed by atoms with Crippen LogP contribution in [0, 0.1) is 12.3 Å². The predicted octanol–water partition coefficient (Wildman–Crippen LogP) is 2.30. The first-order valence-corrected chi connectivity index (χ1v) is 6.00. The fraction of sp³-hybridized carbons (Fsp3) is 0.154. The van der Waals surface area contributed by atoms with Crippen LogP contribution in [-0.4, -0.2) is 15.8 Å². The van der Waals surface area contributed by atoms with Gasteiger partial charge < -0.3 is 10.5 Å². The van der Waals surface area contributed by atoms with Crippen molar-refractivity contribution in [2.24, 2.45) is 5.73 Å². The number of nitrogens with one attached hydrogen (secondary N) is 1. The maximum Gasteiger partial charge on any atom is 0.317 e. The molecule has 0 fully saturated rings. The van der Waals surface area contributed by atoms with Crippen molar-refractivity contribution in [1.82, 2.24) is 9.97 Å². The second kappa shape index (κ2) is 5.67. The number of aromatic nitrogens is 2. The van der Waals surface area contributed by atoms with Gasteiger partial charge in [-0.15, -0.1) is 0 Å². The minimum atomic E-state index is -0.113.